The minimum atomic E-state index is -3.85. The van der Waals surface area contributed by atoms with Crippen molar-refractivity contribution in [3.8, 4) is 0 Å². The molecular formula is C42H58N4O8S. The zero-order chi connectivity index (χ0) is 39.4. The van der Waals surface area contributed by atoms with Crippen molar-refractivity contribution in [3.63, 3.8) is 0 Å². The van der Waals surface area contributed by atoms with Crippen molar-refractivity contribution >= 4 is 33.8 Å². The molecule has 13 heteroatoms. The molecular weight excluding hydrogens is 721 g/mol. The maximum absolute atomic E-state index is 14.9. The first-order valence-corrected chi connectivity index (χ1v) is 21.7. The quantitative estimate of drug-likeness (QED) is 0.335. The second-order valence-electron chi connectivity index (χ2n) is 18.3. The van der Waals surface area contributed by atoms with Crippen molar-refractivity contribution in [3.05, 3.63) is 59.2 Å². The lowest BCUT2D eigenvalue weighted by molar-refractivity contribution is -0.143. The maximum atomic E-state index is 14.9. The van der Waals surface area contributed by atoms with Gasteiger partial charge in [-0.3, -0.25) is 19.1 Å². The molecule has 55 heavy (non-hydrogen) atoms. The highest BCUT2D eigenvalue weighted by Gasteiger charge is 2.67. The number of amides is 4. The molecule has 4 bridgehead atoms. The lowest BCUT2D eigenvalue weighted by Crippen LogP contribution is -2.60. The summed E-state index contributed by atoms with van der Waals surface area (Å²) in [7, 11) is -2.25. The minimum absolute atomic E-state index is 0.118. The standard InChI is InChI=1S/C42H58N4O8S/c1-39(2,3)34-36(48)46-25-41(26-53-5,24-33(46)35(47)44-42(23-32(42)27-13-14-27)37(49)45-55(51,52)31-19-20-31)30-17-15-29(16-18-30)40(4)21-9-8-12-28(40)11-7-6-10-22-54-38(50)43-34/h8-9,12,15-18,27,31-34H,6-7,10-11,13-14,19-26H2,1-5H3,(H,43,50)(H,44,47)(H,45,49). The summed E-state index contributed by atoms with van der Waals surface area (Å²) in [4.78, 5) is 58.3. The molecule has 1 saturated heterocycles. The average Bonchev–Trinajstić information content (AvgIpc) is 4.01. The van der Waals surface area contributed by atoms with E-state index in [1.165, 1.54) is 16.0 Å². The fourth-order valence-electron chi connectivity index (χ4n) is 9.31. The van der Waals surface area contributed by atoms with Gasteiger partial charge < -0.3 is 25.0 Å². The molecule has 4 amide bonds. The van der Waals surface area contributed by atoms with Crippen molar-refractivity contribution in [1.82, 2.24) is 20.3 Å². The summed E-state index contributed by atoms with van der Waals surface area (Å²) in [6.45, 7) is 8.36. The third-order valence-electron chi connectivity index (χ3n) is 13.1. The van der Waals surface area contributed by atoms with Crippen LogP contribution in [-0.4, -0.2) is 86.9 Å². The molecule has 300 valence electrons. The molecule has 12 nitrogen and oxygen atoms in total. The number of nitrogens with zero attached hydrogens (tertiary/aromatic N) is 1. The van der Waals surface area contributed by atoms with Gasteiger partial charge in [0.05, 0.1) is 18.5 Å². The van der Waals surface area contributed by atoms with Crippen LogP contribution >= 0.6 is 0 Å². The van der Waals surface area contributed by atoms with Gasteiger partial charge in [0.2, 0.25) is 21.8 Å². The van der Waals surface area contributed by atoms with Gasteiger partial charge in [-0.25, -0.2) is 13.2 Å². The number of hydrogen-bond acceptors (Lipinski definition) is 8. The Morgan fingerprint density at radius 1 is 1.02 bits per heavy atom. The lowest BCUT2D eigenvalue weighted by atomic mass is 9.69. The van der Waals surface area contributed by atoms with Crippen LogP contribution in [0.5, 0.6) is 0 Å². The number of nitrogens with one attached hydrogen (secondary N) is 3. The van der Waals surface area contributed by atoms with E-state index < -0.39 is 67.5 Å². The minimum Gasteiger partial charge on any atom is -0.450 e. The molecule has 3 aliphatic heterocycles. The van der Waals surface area contributed by atoms with E-state index in [1.807, 2.05) is 20.8 Å². The number of ether oxygens (including phenoxy) is 2. The Hall–Kier alpha value is -3.71. The molecule has 4 fully saturated rings. The zero-order valence-corrected chi connectivity index (χ0v) is 33.8. The first kappa shape index (κ1) is 39.5. The molecule has 8 rings (SSSR count). The van der Waals surface area contributed by atoms with Gasteiger partial charge in [-0.2, -0.15) is 0 Å². The van der Waals surface area contributed by atoms with E-state index in [1.54, 1.807) is 7.11 Å². The van der Waals surface area contributed by atoms with Gasteiger partial charge in [0.1, 0.15) is 17.6 Å². The van der Waals surface area contributed by atoms with Crippen LogP contribution in [0.3, 0.4) is 0 Å². The highest BCUT2D eigenvalue weighted by atomic mass is 32.2. The van der Waals surface area contributed by atoms with Crippen LogP contribution in [0.15, 0.2) is 48.1 Å². The average molecular weight is 779 g/mol. The molecule has 1 aromatic carbocycles. The molecule has 0 aromatic heterocycles. The molecule has 0 spiro atoms. The smallest absolute Gasteiger partial charge is 0.407 e. The molecule has 7 aliphatic rings. The van der Waals surface area contributed by atoms with Crippen LogP contribution in [-0.2, 0) is 44.7 Å². The fourth-order valence-corrected chi connectivity index (χ4v) is 10.7. The van der Waals surface area contributed by atoms with Crippen LogP contribution in [0.1, 0.15) is 109 Å². The number of rotatable bonds is 8. The van der Waals surface area contributed by atoms with Gasteiger partial charge in [0.15, 0.2) is 0 Å². The Morgan fingerprint density at radius 3 is 2.38 bits per heavy atom. The van der Waals surface area contributed by atoms with Gasteiger partial charge in [0.25, 0.3) is 5.91 Å². The Bertz CT molecular complexity index is 1860. The van der Waals surface area contributed by atoms with Gasteiger partial charge in [-0.15, -0.1) is 0 Å². The maximum Gasteiger partial charge on any atom is 0.407 e. The second-order valence-corrected chi connectivity index (χ2v) is 20.3. The SMILES string of the molecule is COCC12CC(C(=O)NC3(C(=O)NS(=O)(=O)C4CC4)CC3C3CC3)N(C1)C(=O)C(C(C)(C)C)NC(=O)OCCCCCC1=CC=CCC1(C)c1ccc2cc1. The molecule has 6 atom stereocenters. The highest BCUT2D eigenvalue weighted by molar-refractivity contribution is 7.91. The van der Waals surface area contributed by atoms with E-state index in [-0.39, 0.29) is 43.4 Å². The summed E-state index contributed by atoms with van der Waals surface area (Å²) < 4.78 is 39.6. The summed E-state index contributed by atoms with van der Waals surface area (Å²) in [6, 6.07) is 6.40. The van der Waals surface area contributed by atoms with Crippen LogP contribution in [0, 0.1) is 17.3 Å². The Morgan fingerprint density at radius 2 is 1.73 bits per heavy atom. The molecule has 4 aliphatic carbocycles. The predicted molar refractivity (Wildman–Crippen MR) is 207 cm³/mol. The van der Waals surface area contributed by atoms with Gasteiger partial charge >= 0.3 is 6.09 Å². The number of alkyl carbamates (subject to hydrolysis) is 1. The number of hydrogen-bond donors (Lipinski definition) is 3. The van der Waals surface area contributed by atoms with Crippen LogP contribution in [0.25, 0.3) is 0 Å². The van der Waals surface area contributed by atoms with Crippen molar-refractivity contribution in [2.45, 2.75) is 132 Å². The summed E-state index contributed by atoms with van der Waals surface area (Å²) in [6.07, 6.45) is 13.5. The Labute approximate surface area is 325 Å². The molecule has 3 heterocycles. The van der Waals surface area contributed by atoms with Crippen molar-refractivity contribution in [1.29, 1.82) is 0 Å². The van der Waals surface area contributed by atoms with Crippen LogP contribution in [0.2, 0.25) is 0 Å². The summed E-state index contributed by atoms with van der Waals surface area (Å²) in [5.74, 6) is -1.65. The number of sulfonamides is 1. The number of carbonyl (C=O) groups excluding carboxylic acids is 4. The molecule has 6 unspecified atom stereocenters. The normalized spacial score (nSPS) is 32.9. The van der Waals surface area contributed by atoms with Gasteiger partial charge in [0, 0.05) is 24.5 Å². The summed E-state index contributed by atoms with van der Waals surface area (Å²) in [5, 5.41) is 5.26. The molecule has 3 N–H and O–H groups in total. The van der Waals surface area contributed by atoms with Crippen LogP contribution in [0.4, 0.5) is 4.79 Å². The second kappa shape index (κ2) is 14.7. The van der Waals surface area contributed by atoms with Crippen LogP contribution < -0.4 is 15.4 Å². The third-order valence-corrected chi connectivity index (χ3v) is 14.9. The number of methoxy groups -OCH3 is 1. The number of fused-ring (bicyclic) bond motifs is 11. The largest absolute Gasteiger partial charge is 0.450 e. The predicted octanol–water partition coefficient (Wildman–Crippen LogP) is 4.92. The van der Waals surface area contributed by atoms with E-state index in [4.69, 9.17) is 9.47 Å². The first-order chi connectivity index (χ1) is 26.0. The van der Waals surface area contributed by atoms with E-state index >= 15 is 0 Å². The monoisotopic (exact) mass is 778 g/mol. The van der Waals surface area contributed by atoms with Crippen molar-refractivity contribution < 1.29 is 37.1 Å². The molecule has 1 aromatic rings. The topological polar surface area (TPSA) is 160 Å². The fraction of sp³-hybridized carbons (Fsp3) is 0.667. The lowest BCUT2D eigenvalue weighted by Gasteiger charge is -2.36. The third kappa shape index (κ3) is 7.84. The van der Waals surface area contributed by atoms with E-state index in [9.17, 15) is 27.6 Å². The van der Waals surface area contributed by atoms with E-state index in [0.29, 0.717) is 25.7 Å². The van der Waals surface area contributed by atoms with Gasteiger partial charge in [-0.05, 0) is 99.0 Å². The molecule has 3 saturated carbocycles. The Kier molecular flexibility index (Phi) is 10.5. The van der Waals surface area contributed by atoms with Crippen molar-refractivity contribution in [2.75, 3.05) is 26.9 Å². The van der Waals surface area contributed by atoms with Gasteiger partial charge in [-0.1, -0.05) is 75.8 Å². The highest BCUT2D eigenvalue weighted by Crippen LogP contribution is 2.57. The van der Waals surface area contributed by atoms with Crippen molar-refractivity contribution in [2.24, 2.45) is 17.3 Å². The zero-order valence-electron chi connectivity index (χ0n) is 32.9. The first-order valence-electron chi connectivity index (χ1n) is 20.1. The molecule has 0 radical (unpaired) electrons. The van der Waals surface area contributed by atoms with E-state index in [2.05, 4.69) is 64.8 Å². The summed E-state index contributed by atoms with van der Waals surface area (Å²) >= 11 is 0. The number of allylic oxidation sites excluding steroid dienone is 4. The number of carbonyl (C=O) groups is 4. The number of benzene rings is 1. The Balaban J connectivity index is 1.26. The summed E-state index contributed by atoms with van der Waals surface area (Å²) in [5.41, 5.74) is 0.281. The van der Waals surface area contributed by atoms with E-state index in [0.717, 1.165) is 44.1 Å².